The first-order chi connectivity index (χ1) is 19.9. The second kappa shape index (κ2) is 9.10. The van der Waals surface area contributed by atoms with Gasteiger partial charge in [0.1, 0.15) is 5.58 Å². The average molecular weight is 547 g/mol. The van der Waals surface area contributed by atoms with Crippen molar-refractivity contribution in [2.75, 3.05) is 6.54 Å². The molecule has 2 aliphatic carbocycles. The first kappa shape index (κ1) is 25.0. The van der Waals surface area contributed by atoms with E-state index < -0.39 is 0 Å². The Morgan fingerprint density at radius 3 is 2.61 bits per heavy atom. The SMILES string of the molecule is Cc1c(-c2cc3ccc(-c4cnn(C(C)C)c4)cc3n2CC2CC2)oc2cc(C(=O)N3CC4CCC3C4C)ccc12. The number of benzene rings is 2. The minimum absolute atomic E-state index is 0.151. The van der Waals surface area contributed by atoms with Gasteiger partial charge in [-0.05, 0) is 94.0 Å². The maximum Gasteiger partial charge on any atom is 0.254 e. The smallest absolute Gasteiger partial charge is 0.254 e. The molecule has 210 valence electrons. The molecule has 5 aromatic rings. The van der Waals surface area contributed by atoms with Crippen molar-refractivity contribution in [1.29, 1.82) is 0 Å². The highest BCUT2D eigenvalue weighted by Crippen LogP contribution is 2.44. The minimum atomic E-state index is 0.151. The zero-order valence-corrected chi connectivity index (χ0v) is 24.4. The summed E-state index contributed by atoms with van der Waals surface area (Å²) in [5, 5.41) is 6.87. The van der Waals surface area contributed by atoms with E-state index in [-0.39, 0.29) is 5.91 Å². The average Bonchev–Trinajstić information content (AvgIpc) is 3.31. The molecule has 0 radical (unpaired) electrons. The Morgan fingerprint density at radius 2 is 1.90 bits per heavy atom. The van der Waals surface area contributed by atoms with Gasteiger partial charge in [-0.1, -0.05) is 25.1 Å². The Bertz CT molecular complexity index is 1820. The van der Waals surface area contributed by atoms with Crippen LogP contribution in [0.1, 0.15) is 68.4 Å². The molecule has 2 aromatic carbocycles. The number of hydrogen-bond acceptors (Lipinski definition) is 3. The predicted octanol–water partition coefficient (Wildman–Crippen LogP) is 8.09. The van der Waals surface area contributed by atoms with Gasteiger partial charge >= 0.3 is 0 Å². The highest BCUT2D eigenvalue weighted by molar-refractivity contribution is 6.00. The van der Waals surface area contributed by atoms with Crippen LogP contribution in [0.2, 0.25) is 0 Å². The fourth-order valence-corrected chi connectivity index (χ4v) is 7.46. The number of aromatic nitrogens is 3. The molecular formula is C35H38N4O2. The van der Waals surface area contributed by atoms with Crippen LogP contribution in [0, 0.1) is 24.7 Å². The van der Waals surface area contributed by atoms with Crippen LogP contribution in [0.4, 0.5) is 0 Å². The van der Waals surface area contributed by atoms with E-state index in [4.69, 9.17) is 4.42 Å². The van der Waals surface area contributed by atoms with E-state index in [1.807, 2.05) is 23.0 Å². The van der Waals surface area contributed by atoms with Crippen molar-refractivity contribution in [3.8, 4) is 22.6 Å². The van der Waals surface area contributed by atoms with Gasteiger partial charge in [-0.15, -0.1) is 0 Å². The molecule has 1 saturated heterocycles. The Labute approximate surface area is 240 Å². The van der Waals surface area contributed by atoms with E-state index in [2.05, 4.69) is 78.8 Å². The molecule has 1 aliphatic heterocycles. The number of carbonyl (C=O) groups is 1. The summed E-state index contributed by atoms with van der Waals surface area (Å²) in [6.07, 6.45) is 9.05. The number of hydrogen-bond donors (Lipinski definition) is 0. The lowest BCUT2D eigenvalue weighted by Gasteiger charge is -2.27. The molecule has 2 bridgehead atoms. The van der Waals surface area contributed by atoms with Gasteiger partial charge in [-0.2, -0.15) is 5.10 Å². The monoisotopic (exact) mass is 546 g/mol. The van der Waals surface area contributed by atoms with E-state index in [0.29, 0.717) is 29.8 Å². The molecule has 6 nitrogen and oxygen atoms in total. The van der Waals surface area contributed by atoms with Crippen LogP contribution >= 0.6 is 0 Å². The van der Waals surface area contributed by atoms with Crippen LogP contribution in [0.3, 0.4) is 0 Å². The molecule has 3 aromatic heterocycles. The second-order valence-electron chi connectivity index (χ2n) is 13.1. The predicted molar refractivity (Wildman–Crippen MR) is 163 cm³/mol. The van der Waals surface area contributed by atoms with Crippen molar-refractivity contribution in [3.05, 3.63) is 66.0 Å². The van der Waals surface area contributed by atoms with Gasteiger partial charge in [0, 0.05) is 64.3 Å². The molecule has 0 N–H and O–H groups in total. The number of furan rings is 1. The number of amides is 1. The van der Waals surface area contributed by atoms with Crippen LogP contribution in [-0.4, -0.2) is 37.7 Å². The van der Waals surface area contributed by atoms with Crippen molar-refractivity contribution in [3.63, 3.8) is 0 Å². The molecule has 41 heavy (non-hydrogen) atoms. The van der Waals surface area contributed by atoms with Crippen molar-refractivity contribution in [1.82, 2.24) is 19.2 Å². The van der Waals surface area contributed by atoms with Crippen LogP contribution in [-0.2, 0) is 6.54 Å². The third kappa shape index (κ3) is 3.98. The molecule has 0 spiro atoms. The van der Waals surface area contributed by atoms with Gasteiger partial charge in [-0.3, -0.25) is 9.48 Å². The van der Waals surface area contributed by atoms with Gasteiger partial charge in [0.15, 0.2) is 5.76 Å². The Hall–Kier alpha value is -3.80. The number of aryl methyl sites for hydroxylation is 1. The summed E-state index contributed by atoms with van der Waals surface area (Å²) in [4.78, 5) is 15.7. The Morgan fingerprint density at radius 1 is 1.05 bits per heavy atom. The molecule has 3 atom stereocenters. The van der Waals surface area contributed by atoms with Gasteiger partial charge < -0.3 is 13.9 Å². The molecule has 3 fully saturated rings. The highest BCUT2D eigenvalue weighted by Gasteiger charge is 2.46. The number of carbonyl (C=O) groups excluding carboxylic acids is 1. The molecule has 6 heteroatoms. The van der Waals surface area contributed by atoms with E-state index in [0.717, 1.165) is 58.6 Å². The normalized spacial score (nSPS) is 22.2. The molecule has 1 amide bonds. The molecular weight excluding hydrogens is 508 g/mol. The van der Waals surface area contributed by atoms with Crippen molar-refractivity contribution in [2.24, 2.45) is 17.8 Å². The number of nitrogens with zero attached hydrogens (tertiary/aromatic N) is 4. The van der Waals surface area contributed by atoms with Crippen LogP contribution in [0.5, 0.6) is 0 Å². The fraction of sp³-hybridized carbons (Fsp3) is 0.429. The van der Waals surface area contributed by atoms with Crippen LogP contribution in [0.25, 0.3) is 44.5 Å². The number of piperidine rings is 1. The van der Waals surface area contributed by atoms with Crippen molar-refractivity contribution >= 4 is 27.8 Å². The minimum Gasteiger partial charge on any atom is -0.454 e. The Balaban J connectivity index is 1.19. The van der Waals surface area contributed by atoms with Gasteiger partial charge in [0.2, 0.25) is 0 Å². The first-order valence-corrected chi connectivity index (χ1v) is 15.4. The topological polar surface area (TPSA) is 56.2 Å². The van der Waals surface area contributed by atoms with Gasteiger partial charge in [-0.25, -0.2) is 0 Å². The summed E-state index contributed by atoms with van der Waals surface area (Å²) < 4.78 is 11.1. The van der Waals surface area contributed by atoms with E-state index >= 15 is 0 Å². The van der Waals surface area contributed by atoms with Crippen molar-refractivity contribution < 1.29 is 9.21 Å². The quantitative estimate of drug-likeness (QED) is 0.216. The largest absolute Gasteiger partial charge is 0.454 e. The van der Waals surface area contributed by atoms with Crippen molar-refractivity contribution in [2.45, 2.75) is 72.0 Å². The zero-order valence-electron chi connectivity index (χ0n) is 24.4. The summed E-state index contributed by atoms with van der Waals surface area (Å²) >= 11 is 0. The summed E-state index contributed by atoms with van der Waals surface area (Å²) in [6.45, 7) is 10.6. The fourth-order valence-electron chi connectivity index (χ4n) is 7.46. The number of likely N-dealkylation sites (tertiary alicyclic amines) is 1. The lowest BCUT2D eigenvalue weighted by Crippen LogP contribution is -2.38. The third-order valence-corrected chi connectivity index (χ3v) is 10.2. The van der Waals surface area contributed by atoms with Crippen LogP contribution in [0.15, 0.2) is 59.3 Å². The third-order valence-electron chi connectivity index (χ3n) is 10.2. The molecule has 8 rings (SSSR count). The summed E-state index contributed by atoms with van der Waals surface area (Å²) in [5.41, 5.74) is 7.34. The van der Waals surface area contributed by atoms with Gasteiger partial charge in [0.25, 0.3) is 5.91 Å². The molecule has 4 heterocycles. The summed E-state index contributed by atoms with van der Waals surface area (Å²) in [7, 11) is 0. The summed E-state index contributed by atoms with van der Waals surface area (Å²) in [5.74, 6) is 3.04. The van der Waals surface area contributed by atoms with E-state index in [9.17, 15) is 4.79 Å². The van der Waals surface area contributed by atoms with Gasteiger partial charge in [0.05, 0.1) is 11.9 Å². The second-order valence-corrected chi connectivity index (χ2v) is 13.1. The first-order valence-electron chi connectivity index (χ1n) is 15.4. The molecule has 2 saturated carbocycles. The number of fused-ring (bicyclic) bond motifs is 4. The zero-order chi connectivity index (χ0) is 28.0. The van der Waals surface area contributed by atoms with Crippen LogP contribution < -0.4 is 0 Å². The molecule has 3 unspecified atom stereocenters. The maximum atomic E-state index is 13.5. The number of rotatable bonds is 6. The lowest BCUT2D eigenvalue weighted by atomic mass is 10.0. The summed E-state index contributed by atoms with van der Waals surface area (Å²) in [6, 6.07) is 15.8. The Kier molecular flexibility index (Phi) is 5.54. The maximum absolute atomic E-state index is 13.5. The van der Waals surface area contributed by atoms with E-state index in [1.54, 1.807) is 0 Å². The highest BCUT2D eigenvalue weighted by atomic mass is 16.3. The molecule has 3 aliphatic rings. The standard InChI is InChI=1S/C35H38N4O2/c1-20(2)39-19-28(16-36-39)24-7-8-25-14-32(37(31(25)13-24)17-23-5-6-23)34-22(4)29-11-9-26(15-33(29)41-34)35(40)38-18-27-10-12-30(38)21(27)3/h7-9,11,13-16,19-21,23,27,30H,5-6,10,12,17-18H2,1-4H3. The van der Waals surface area contributed by atoms with E-state index in [1.165, 1.54) is 35.7 Å². The lowest BCUT2D eigenvalue weighted by molar-refractivity contribution is 0.0696.